The summed E-state index contributed by atoms with van der Waals surface area (Å²) in [5, 5.41) is 12.5. The van der Waals surface area contributed by atoms with E-state index in [4.69, 9.17) is 0 Å². The van der Waals surface area contributed by atoms with Gasteiger partial charge in [0.15, 0.2) is 0 Å². The number of nitrogens with zero attached hydrogens (tertiary/aromatic N) is 3. The third-order valence-electron chi connectivity index (χ3n) is 3.59. The zero-order chi connectivity index (χ0) is 14.0. The van der Waals surface area contributed by atoms with Crippen LogP contribution in [0.15, 0.2) is 6.20 Å². The van der Waals surface area contributed by atoms with Gasteiger partial charge in [-0.05, 0) is 19.8 Å². The van der Waals surface area contributed by atoms with Crippen LogP contribution in [-0.4, -0.2) is 40.7 Å². The van der Waals surface area contributed by atoms with Gasteiger partial charge < -0.3 is 15.3 Å². The first-order valence-corrected chi connectivity index (χ1v) is 6.47. The van der Waals surface area contributed by atoms with Crippen LogP contribution in [0.2, 0.25) is 0 Å². The average molecular weight is 264 g/mol. The highest BCUT2D eigenvalue weighted by atomic mass is 16.4. The minimum absolute atomic E-state index is 0.388. The Morgan fingerprint density at radius 2 is 2.05 bits per heavy atom. The van der Waals surface area contributed by atoms with E-state index in [1.165, 1.54) is 0 Å². The molecule has 6 nitrogen and oxygen atoms in total. The molecule has 1 aliphatic rings. The second kappa shape index (κ2) is 5.03. The van der Waals surface area contributed by atoms with Gasteiger partial charge in [-0.2, -0.15) is 4.98 Å². The van der Waals surface area contributed by atoms with Gasteiger partial charge in [0.2, 0.25) is 5.95 Å². The number of carbonyl (C=O) groups is 1. The quantitative estimate of drug-likeness (QED) is 0.861. The molecule has 1 heterocycles. The molecule has 0 radical (unpaired) electrons. The molecular formula is C13H20N4O2. The summed E-state index contributed by atoms with van der Waals surface area (Å²) in [4.78, 5) is 22.0. The SMILES string of the molecule is Cc1cnc(NC2(C(=O)O)CCCC2)nc1N(C)C. The third-order valence-corrected chi connectivity index (χ3v) is 3.59. The Balaban J connectivity index is 2.27. The highest BCUT2D eigenvalue weighted by molar-refractivity contribution is 5.82. The molecule has 6 heteroatoms. The molecule has 1 saturated carbocycles. The lowest BCUT2D eigenvalue weighted by atomic mass is 9.98. The number of nitrogens with one attached hydrogen (secondary N) is 1. The van der Waals surface area contributed by atoms with Crippen molar-refractivity contribution in [3.05, 3.63) is 11.8 Å². The Morgan fingerprint density at radius 1 is 1.42 bits per heavy atom. The second-order valence-corrected chi connectivity index (χ2v) is 5.31. The molecular weight excluding hydrogens is 244 g/mol. The summed E-state index contributed by atoms with van der Waals surface area (Å²) in [5.74, 6) is 0.371. The summed E-state index contributed by atoms with van der Waals surface area (Å²) in [6.07, 6.45) is 4.81. The summed E-state index contributed by atoms with van der Waals surface area (Å²) in [6.45, 7) is 1.93. The second-order valence-electron chi connectivity index (χ2n) is 5.31. The van der Waals surface area contributed by atoms with Gasteiger partial charge in [-0.15, -0.1) is 0 Å². The molecule has 1 aromatic rings. The number of aliphatic carboxylic acids is 1. The van der Waals surface area contributed by atoms with Crippen molar-refractivity contribution in [2.45, 2.75) is 38.1 Å². The lowest BCUT2D eigenvalue weighted by molar-refractivity contribution is -0.142. The standard InChI is InChI=1S/C13H20N4O2/c1-9-8-14-12(15-10(9)17(2)3)16-13(11(18)19)6-4-5-7-13/h8H,4-7H2,1-3H3,(H,18,19)(H,14,15,16). The number of hydrogen-bond acceptors (Lipinski definition) is 5. The number of carboxylic acids is 1. The van der Waals surface area contributed by atoms with E-state index >= 15 is 0 Å². The van der Waals surface area contributed by atoms with E-state index in [1.807, 2.05) is 25.9 Å². The van der Waals surface area contributed by atoms with Crippen molar-refractivity contribution >= 4 is 17.7 Å². The first-order valence-electron chi connectivity index (χ1n) is 6.47. The van der Waals surface area contributed by atoms with Crippen LogP contribution in [0.3, 0.4) is 0 Å². The van der Waals surface area contributed by atoms with Crippen molar-refractivity contribution in [2.24, 2.45) is 0 Å². The predicted molar refractivity (Wildman–Crippen MR) is 73.6 cm³/mol. The first kappa shape index (κ1) is 13.6. The maximum absolute atomic E-state index is 11.5. The van der Waals surface area contributed by atoms with Gasteiger partial charge in [-0.1, -0.05) is 12.8 Å². The van der Waals surface area contributed by atoms with Crippen molar-refractivity contribution in [2.75, 3.05) is 24.3 Å². The minimum atomic E-state index is -0.904. The molecule has 1 fully saturated rings. The van der Waals surface area contributed by atoms with Gasteiger partial charge in [-0.3, -0.25) is 0 Å². The predicted octanol–water partition coefficient (Wildman–Crippen LogP) is 1.66. The van der Waals surface area contributed by atoms with Crippen LogP contribution in [-0.2, 0) is 4.79 Å². The van der Waals surface area contributed by atoms with Crippen LogP contribution in [0.4, 0.5) is 11.8 Å². The molecule has 0 aromatic carbocycles. The average Bonchev–Trinajstić information content (AvgIpc) is 2.81. The van der Waals surface area contributed by atoms with Crippen LogP contribution in [0.1, 0.15) is 31.2 Å². The van der Waals surface area contributed by atoms with E-state index in [-0.39, 0.29) is 0 Å². The molecule has 2 N–H and O–H groups in total. The maximum atomic E-state index is 11.5. The van der Waals surface area contributed by atoms with Gasteiger partial charge >= 0.3 is 5.97 Å². The van der Waals surface area contributed by atoms with Crippen molar-refractivity contribution in [3.63, 3.8) is 0 Å². The lowest BCUT2D eigenvalue weighted by Crippen LogP contribution is -2.44. The van der Waals surface area contributed by atoms with Gasteiger partial charge in [0.1, 0.15) is 11.4 Å². The van der Waals surface area contributed by atoms with Crippen LogP contribution in [0.25, 0.3) is 0 Å². The monoisotopic (exact) mass is 264 g/mol. The Kier molecular flexibility index (Phi) is 3.59. The van der Waals surface area contributed by atoms with Crippen molar-refractivity contribution in [1.82, 2.24) is 9.97 Å². The van der Waals surface area contributed by atoms with Crippen molar-refractivity contribution < 1.29 is 9.90 Å². The number of aromatic nitrogens is 2. The molecule has 0 atom stereocenters. The Bertz CT molecular complexity index is 482. The Morgan fingerprint density at radius 3 is 2.58 bits per heavy atom. The largest absolute Gasteiger partial charge is 0.480 e. The molecule has 0 aliphatic heterocycles. The molecule has 0 bridgehead atoms. The third kappa shape index (κ3) is 2.62. The lowest BCUT2D eigenvalue weighted by Gasteiger charge is -2.26. The zero-order valence-electron chi connectivity index (χ0n) is 11.6. The van der Waals surface area contributed by atoms with Gasteiger partial charge in [0.25, 0.3) is 0 Å². The fraction of sp³-hybridized carbons (Fsp3) is 0.615. The molecule has 0 amide bonds. The van der Waals surface area contributed by atoms with E-state index in [2.05, 4.69) is 15.3 Å². The number of carboxylic acid groups (broad SMARTS) is 1. The summed E-state index contributed by atoms with van der Waals surface area (Å²) < 4.78 is 0. The van der Waals surface area contributed by atoms with Gasteiger partial charge in [0, 0.05) is 25.9 Å². The van der Waals surface area contributed by atoms with E-state index in [1.54, 1.807) is 6.20 Å². The summed E-state index contributed by atoms with van der Waals surface area (Å²) in [6, 6.07) is 0. The molecule has 1 aliphatic carbocycles. The summed E-state index contributed by atoms with van der Waals surface area (Å²) in [7, 11) is 3.81. The van der Waals surface area contributed by atoms with Crippen molar-refractivity contribution in [3.8, 4) is 0 Å². The van der Waals surface area contributed by atoms with Crippen molar-refractivity contribution in [1.29, 1.82) is 0 Å². The smallest absolute Gasteiger partial charge is 0.329 e. The minimum Gasteiger partial charge on any atom is -0.480 e. The van der Waals surface area contributed by atoms with E-state index < -0.39 is 11.5 Å². The van der Waals surface area contributed by atoms with E-state index in [0.29, 0.717) is 18.8 Å². The Labute approximate surface area is 112 Å². The molecule has 104 valence electrons. The van der Waals surface area contributed by atoms with Crippen LogP contribution < -0.4 is 10.2 Å². The molecule has 0 saturated heterocycles. The highest BCUT2D eigenvalue weighted by Gasteiger charge is 2.42. The van der Waals surface area contributed by atoms with Crippen LogP contribution >= 0.6 is 0 Å². The number of aryl methyl sites for hydroxylation is 1. The molecule has 1 aromatic heterocycles. The topological polar surface area (TPSA) is 78.3 Å². The normalized spacial score (nSPS) is 17.2. The Hall–Kier alpha value is -1.85. The molecule has 0 unspecified atom stereocenters. The van der Waals surface area contributed by atoms with E-state index in [0.717, 1.165) is 24.2 Å². The first-order chi connectivity index (χ1) is 8.94. The number of anilines is 2. The maximum Gasteiger partial charge on any atom is 0.329 e. The summed E-state index contributed by atoms with van der Waals surface area (Å²) >= 11 is 0. The highest BCUT2D eigenvalue weighted by Crippen LogP contribution is 2.33. The fourth-order valence-corrected chi connectivity index (χ4v) is 2.53. The number of rotatable bonds is 4. The van der Waals surface area contributed by atoms with Gasteiger partial charge in [0.05, 0.1) is 0 Å². The van der Waals surface area contributed by atoms with E-state index in [9.17, 15) is 9.90 Å². The fourth-order valence-electron chi connectivity index (χ4n) is 2.53. The van der Waals surface area contributed by atoms with Crippen LogP contribution in [0, 0.1) is 6.92 Å². The zero-order valence-corrected chi connectivity index (χ0v) is 11.6. The molecule has 0 spiro atoms. The summed E-state index contributed by atoms with van der Waals surface area (Å²) in [5.41, 5.74) is 0.0603. The van der Waals surface area contributed by atoms with Gasteiger partial charge in [-0.25, -0.2) is 9.78 Å². The van der Waals surface area contributed by atoms with Crippen LogP contribution in [0.5, 0.6) is 0 Å². The molecule has 19 heavy (non-hydrogen) atoms. The molecule has 2 rings (SSSR count). The number of hydrogen-bond donors (Lipinski definition) is 2.